The highest BCUT2D eigenvalue weighted by molar-refractivity contribution is 5.85. The fourth-order valence-electron chi connectivity index (χ4n) is 2.37. The molecule has 0 aromatic rings. The monoisotopic (exact) mass is 278 g/mol. The molecule has 0 aromatic heterocycles. The SMILES string of the molecule is CCOC(C)C(=O)N1CCC(CCNC)CC1.Cl. The van der Waals surface area contributed by atoms with E-state index in [1.54, 1.807) is 0 Å². The van der Waals surface area contributed by atoms with Crippen molar-refractivity contribution < 1.29 is 9.53 Å². The molecule has 1 amide bonds. The summed E-state index contributed by atoms with van der Waals surface area (Å²) in [7, 11) is 1.99. The molecular weight excluding hydrogens is 252 g/mol. The van der Waals surface area contributed by atoms with Crippen LogP contribution in [0.15, 0.2) is 0 Å². The van der Waals surface area contributed by atoms with Crippen LogP contribution in [0.1, 0.15) is 33.1 Å². The van der Waals surface area contributed by atoms with Crippen LogP contribution in [0.3, 0.4) is 0 Å². The third-order valence-electron chi connectivity index (χ3n) is 3.49. The predicted octanol–water partition coefficient (Wildman–Crippen LogP) is 1.68. The Kier molecular flexibility index (Phi) is 9.42. The number of amides is 1. The van der Waals surface area contributed by atoms with E-state index >= 15 is 0 Å². The first-order valence-electron chi connectivity index (χ1n) is 6.74. The van der Waals surface area contributed by atoms with Crippen molar-refractivity contribution in [3.05, 3.63) is 0 Å². The van der Waals surface area contributed by atoms with Gasteiger partial charge in [-0.2, -0.15) is 0 Å². The number of nitrogens with one attached hydrogen (secondary N) is 1. The lowest BCUT2D eigenvalue weighted by Crippen LogP contribution is -2.44. The Balaban J connectivity index is 0.00000289. The van der Waals surface area contributed by atoms with Crippen LogP contribution in [0.4, 0.5) is 0 Å². The zero-order valence-corrected chi connectivity index (χ0v) is 12.6. The Bertz CT molecular complexity index is 231. The average molecular weight is 279 g/mol. The number of ether oxygens (including phenoxy) is 1. The van der Waals surface area contributed by atoms with Crippen molar-refractivity contribution in [2.75, 3.05) is 33.3 Å². The lowest BCUT2D eigenvalue weighted by atomic mass is 9.93. The van der Waals surface area contributed by atoms with Gasteiger partial charge in [0.15, 0.2) is 0 Å². The number of nitrogens with zero attached hydrogens (tertiary/aromatic N) is 1. The summed E-state index contributed by atoms with van der Waals surface area (Å²) in [6.45, 7) is 7.24. The van der Waals surface area contributed by atoms with Crippen molar-refractivity contribution in [3.63, 3.8) is 0 Å². The molecular formula is C13H27ClN2O2. The van der Waals surface area contributed by atoms with Gasteiger partial charge in [-0.15, -0.1) is 12.4 Å². The number of halogens is 1. The zero-order chi connectivity index (χ0) is 12.7. The number of carbonyl (C=O) groups excluding carboxylic acids is 1. The van der Waals surface area contributed by atoms with E-state index in [-0.39, 0.29) is 24.4 Å². The largest absolute Gasteiger partial charge is 0.369 e. The van der Waals surface area contributed by atoms with Gasteiger partial charge < -0.3 is 15.0 Å². The topological polar surface area (TPSA) is 41.6 Å². The molecule has 0 aromatic carbocycles. The van der Waals surface area contributed by atoms with Crippen LogP contribution in [0, 0.1) is 5.92 Å². The predicted molar refractivity (Wildman–Crippen MR) is 76.2 cm³/mol. The fourth-order valence-corrected chi connectivity index (χ4v) is 2.37. The standard InChI is InChI=1S/C13H26N2O2.ClH/c1-4-17-11(2)13(16)15-9-6-12(7-10-15)5-8-14-3;/h11-12,14H,4-10H2,1-3H3;1H. The molecule has 1 N–H and O–H groups in total. The number of rotatable bonds is 6. The van der Waals surface area contributed by atoms with Crippen LogP contribution in [0.2, 0.25) is 0 Å². The number of likely N-dealkylation sites (tertiary alicyclic amines) is 1. The Hall–Kier alpha value is -0.320. The van der Waals surface area contributed by atoms with Gasteiger partial charge in [-0.3, -0.25) is 4.79 Å². The first-order chi connectivity index (χ1) is 8.19. The van der Waals surface area contributed by atoms with E-state index in [0.717, 1.165) is 38.4 Å². The van der Waals surface area contributed by atoms with E-state index in [4.69, 9.17) is 4.74 Å². The number of carbonyl (C=O) groups is 1. The van der Waals surface area contributed by atoms with Crippen LogP contribution in [-0.4, -0.2) is 50.2 Å². The molecule has 0 radical (unpaired) electrons. The second-order valence-corrected chi connectivity index (χ2v) is 4.76. The average Bonchev–Trinajstić information content (AvgIpc) is 2.36. The van der Waals surface area contributed by atoms with Crippen molar-refractivity contribution in [1.29, 1.82) is 0 Å². The third kappa shape index (κ3) is 5.55. The van der Waals surface area contributed by atoms with Crippen molar-refractivity contribution in [2.45, 2.75) is 39.2 Å². The van der Waals surface area contributed by atoms with Gasteiger partial charge in [-0.25, -0.2) is 0 Å². The number of hydrogen-bond acceptors (Lipinski definition) is 3. The Labute approximate surface area is 117 Å². The van der Waals surface area contributed by atoms with Crippen molar-refractivity contribution in [3.8, 4) is 0 Å². The van der Waals surface area contributed by atoms with Crippen LogP contribution in [-0.2, 0) is 9.53 Å². The first kappa shape index (κ1) is 17.7. The summed E-state index contributed by atoms with van der Waals surface area (Å²) in [5, 5.41) is 3.18. The second-order valence-electron chi connectivity index (χ2n) is 4.76. The Morgan fingerprint density at radius 2 is 2.06 bits per heavy atom. The molecule has 108 valence electrons. The van der Waals surface area contributed by atoms with Crippen LogP contribution >= 0.6 is 12.4 Å². The van der Waals surface area contributed by atoms with Crippen LogP contribution in [0.5, 0.6) is 0 Å². The van der Waals surface area contributed by atoms with Gasteiger partial charge in [0.05, 0.1) is 0 Å². The second kappa shape index (κ2) is 9.59. The lowest BCUT2D eigenvalue weighted by Gasteiger charge is -2.33. The van der Waals surface area contributed by atoms with Crippen molar-refractivity contribution >= 4 is 18.3 Å². The molecule has 1 unspecified atom stereocenters. The minimum atomic E-state index is -0.283. The molecule has 1 fully saturated rings. The minimum absolute atomic E-state index is 0. The summed E-state index contributed by atoms with van der Waals surface area (Å²) >= 11 is 0. The smallest absolute Gasteiger partial charge is 0.251 e. The van der Waals surface area contributed by atoms with Crippen LogP contribution in [0.25, 0.3) is 0 Å². The quantitative estimate of drug-likeness (QED) is 0.804. The summed E-state index contributed by atoms with van der Waals surface area (Å²) in [5.74, 6) is 0.924. The summed E-state index contributed by atoms with van der Waals surface area (Å²) in [4.78, 5) is 14.0. The van der Waals surface area contributed by atoms with Gasteiger partial charge in [0.25, 0.3) is 5.91 Å². The van der Waals surface area contributed by atoms with Crippen molar-refractivity contribution in [1.82, 2.24) is 10.2 Å². The van der Waals surface area contributed by atoms with Gasteiger partial charge in [0, 0.05) is 19.7 Å². The molecule has 4 nitrogen and oxygen atoms in total. The normalized spacial score (nSPS) is 18.3. The van der Waals surface area contributed by atoms with E-state index in [0.29, 0.717) is 6.61 Å². The van der Waals surface area contributed by atoms with E-state index in [2.05, 4.69) is 5.32 Å². The summed E-state index contributed by atoms with van der Waals surface area (Å²) in [5.41, 5.74) is 0. The molecule has 0 spiro atoms. The van der Waals surface area contributed by atoms with E-state index < -0.39 is 0 Å². The molecule has 5 heteroatoms. The Morgan fingerprint density at radius 1 is 1.44 bits per heavy atom. The van der Waals surface area contributed by atoms with Crippen molar-refractivity contribution in [2.24, 2.45) is 5.92 Å². The highest BCUT2D eigenvalue weighted by Gasteiger charge is 2.25. The minimum Gasteiger partial charge on any atom is -0.369 e. The Morgan fingerprint density at radius 3 is 2.56 bits per heavy atom. The van der Waals surface area contributed by atoms with Gasteiger partial charge in [-0.05, 0) is 52.6 Å². The zero-order valence-electron chi connectivity index (χ0n) is 11.8. The summed E-state index contributed by atoms with van der Waals surface area (Å²) in [6, 6.07) is 0. The van der Waals surface area contributed by atoms with Gasteiger partial charge in [-0.1, -0.05) is 0 Å². The van der Waals surface area contributed by atoms with Gasteiger partial charge >= 0.3 is 0 Å². The molecule has 1 atom stereocenters. The molecule has 0 bridgehead atoms. The van der Waals surface area contributed by atoms with E-state index in [1.165, 1.54) is 6.42 Å². The molecule has 1 heterocycles. The summed E-state index contributed by atoms with van der Waals surface area (Å²) < 4.78 is 5.35. The maximum atomic E-state index is 12.0. The molecule has 0 aliphatic carbocycles. The maximum Gasteiger partial charge on any atom is 0.251 e. The molecule has 0 saturated carbocycles. The van der Waals surface area contributed by atoms with Gasteiger partial charge in [0.1, 0.15) is 6.10 Å². The van der Waals surface area contributed by atoms with Gasteiger partial charge in [0.2, 0.25) is 0 Å². The van der Waals surface area contributed by atoms with E-state index in [1.807, 2.05) is 25.8 Å². The van der Waals surface area contributed by atoms with Crippen LogP contribution < -0.4 is 5.32 Å². The molecule has 1 aliphatic rings. The first-order valence-corrected chi connectivity index (χ1v) is 6.74. The number of hydrogen-bond donors (Lipinski definition) is 1. The number of piperidine rings is 1. The highest BCUT2D eigenvalue weighted by Crippen LogP contribution is 2.20. The third-order valence-corrected chi connectivity index (χ3v) is 3.49. The maximum absolute atomic E-state index is 12.0. The molecule has 1 rings (SSSR count). The molecule has 1 aliphatic heterocycles. The lowest BCUT2D eigenvalue weighted by molar-refractivity contribution is -0.143. The van der Waals surface area contributed by atoms with E-state index in [9.17, 15) is 4.79 Å². The summed E-state index contributed by atoms with van der Waals surface area (Å²) in [6.07, 6.45) is 3.20. The molecule has 18 heavy (non-hydrogen) atoms. The molecule has 1 saturated heterocycles. The fraction of sp³-hybridized carbons (Fsp3) is 0.923. The highest BCUT2D eigenvalue weighted by atomic mass is 35.5.